The minimum Gasteiger partial charge on any atom is -0.330 e. The Hall–Kier alpha value is 0.210. The van der Waals surface area contributed by atoms with Gasteiger partial charge in [-0.3, -0.25) is 0 Å². The Labute approximate surface area is 62.6 Å². The van der Waals surface area contributed by atoms with E-state index in [0.29, 0.717) is 5.41 Å². The molecule has 0 aromatic carbocycles. The molecule has 56 valence electrons. The van der Waals surface area contributed by atoms with Gasteiger partial charge >= 0.3 is 0 Å². The van der Waals surface area contributed by atoms with Crippen molar-refractivity contribution in [3.8, 4) is 0 Å². The lowest BCUT2D eigenvalue weighted by Crippen LogP contribution is -2.29. The first kappa shape index (κ1) is 9.21. The zero-order valence-electron chi connectivity index (χ0n) is 5.81. The van der Waals surface area contributed by atoms with E-state index in [-0.39, 0.29) is 12.4 Å². The molecule has 1 aliphatic heterocycles. The molecule has 1 saturated heterocycles. The van der Waals surface area contributed by atoms with Crippen LogP contribution >= 0.6 is 12.4 Å². The van der Waals surface area contributed by atoms with Crippen LogP contribution in [0.3, 0.4) is 0 Å². The van der Waals surface area contributed by atoms with Gasteiger partial charge in [-0.15, -0.1) is 12.4 Å². The maximum absolute atomic E-state index is 5.53. The van der Waals surface area contributed by atoms with Gasteiger partial charge in [-0.2, -0.15) is 0 Å². The SMILES string of the molecule is CC1(CN)CCNC1.Cl. The molecule has 1 heterocycles. The van der Waals surface area contributed by atoms with Crippen molar-refractivity contribution in [2.24, 2.45) is 11.1 Å². The van der Waals surface area contributed by atoms with E-state index in [1.165, 1.54) is 6.42 Å². The Bertz CT molecular complexity index is 79.1. The summed E-state index contributed by atoms with van der Waals surface area (Å²) < 4.78 is 0. The number of nitrogens with one attached hydrogen (secondary N) is 1. The highest BCUT2D eigenvalue weighted by atomic mass is 35.5. The van der Waals surface area contributed by atoms with Crippen LogP contribution in [0.1, 0.15) is 13.3 Å². The largest absolute Gasteiger partial charge is 0.330 e. The van der Waals surface area contributed by atoms with E-state index in [9.17, 15) is 0 Å². The highest BCUT2D eigenvalue weighted by Crippen LogP contribution is 2.21. The average molecular weight is 151 g/mol. The minimum absolute atomic E-state index is 0. The van der Waals surface area contributed by atoms with Crippen LogP contribution in [0, 0.1) is 5.41 Å². The Morgan fingerprint density at radius 1 is 1.67 bits per heavy atom. The van der Waals surface area contributed by atoms with E-state index < -0.39 is 0 Å². The maximum atomic E-state index is 5.53. The van der Waals surface area contributed by atoms with Gasteiger partial charge in [0.1, 0.15) is 0 Å². The van der Waals surface area contributed by atoms with Crippen molar-refractivity contribution in [1.82, 2.24) is 5.32 Å². The molecule has 0 aliphatic carbocycles. The number of hydrogen-bond donors (Lipinski definition) is 2. The third kappa shape index (κ3) is 2.12. The zero-order chi connectivity index (χ0) is 6.04. The fourth-order valence-electron chi connectivity index (χ4n) is 1.04. The lowest BCUT2D eigenvalue weighted by molar-refractivity contribution is 0.379. The van der Waals surface area contributed by atoms with Gasteiger partial charge in [0.05, 0.1) is 0 Å². The van der Waals surface area contributed by atoms with Crippen LogP contribution in [0.15, 0.2) is 0 Å². The van der Waals surface area contributed by atoms with Gasteiger partial charge in [0.25, 0.3) is 0 Å². The predicted molar refractivity (Wildman–Crippen MR) is 41.9 cm³/mol. The summed E-state index contributed by atoms with van der Waals surface area (Å²) in [6.45, 7) is 5.30. The van der Waals surface area contributed by atoms with Gasteiger partial charge in [-0.05, 0) is 24.9 Å². The summed E-state index contributed by atoms with van der Waals surface area (Å²) in [7, 11) is 0. The summed E-state index contributed by atoms with van der Waals surface area (Å²) in [5, 5.41) is 3.28. The summed E-state index contributed by atoms with van der Waals surface area (Å²) in [6, 6.07) is 0. The van der Waals surface area contributed by atoms with Crippen LogP contribution in [0.25, 0.3) is 0 Å². The van der Waals surface area contributed by atoms with E-state index >= 15 is 0 Å². The first-order valence-electron chi connectivity index (χ1n) is 3.18. The summed E-state index contributed by atoms with van der Waals surface area (Å²) in [4.78, 5) is 0. The van der Waals surface area contributed by atoms with Crippen molar-refractivity contribution in [1.29, 1.82) is 0 Å². The summed E-state index contributed by atoms with van der Waals surface area (Å²) in [5.41, 5.74) is 5.93. The molecule has 1 atom stereocenters. The first-order chi connectivity index (χ1) is 3.77. The van der Waals surface area contributed by atoms with Crippen molar-refractivity contribution < 1.29 is 0 Å². The fraction of sp³-hybridized carbons (Fsp3) is 1.00. The first-order valence-corrected chi connectivity index (χ1v) is 3.18. The molecule has 0 aromatic rings. The molecule has 1 fully saturated rings. The normalized spacial score (nSPS) is 34.0. The van der Waals surface area contributed by atoms with Crippen LogP contribution in [-0.2, 0) is 0 Å². The predicted octanol–water partition coefficient (Wildman–Crippen LogP) is 0.367. The second-order valence-corrected chi connectivity index (χ2v) is 2.94. The highest BCUT2D eigenvalue weighted by molar-refractivity contribution is 5.85. The van der Waals surface area contributed by atoms with Gasteiger partial charge < -0.3 is 11.1 Å². The second-order valence-electron chi connectivity index (χ2n) is 2.94. The second kappa shape index (κ2) is 3.40. The third-order valence-corrected chi connectivity index (χ3v) is 1.95. The van der Waals surface area contributed by atoms with Crippen molar-refractivity contribution in [2.45, 2.75) is 13.3 Å². The molecule has 0 bridgehead atoms. The Kier molecular flexibility index (Phi) is 3.48. The molecular formula is C6H15ClN2. The molecular weight excluding hydrogens is 136 g/mol. The fourth-order valence-corrected chi connectivity index (χ4v) is 1.04. The molecule has 1 unspecified atom stereocenters. The van der Waals surface area contributed by atoms with Gasteiger partial charge in [-0.1, -0.05) is 6.92 Å². The van der Waals surface area contributed by atoms with Crippen LogP contribution in [0.4, 0.5) is 0 Å². The zero-order valence-corrected chi connectivity index (χ0v) is 6.63. The summed E-state index contributed by atoms with van der Waals surface area (Å²) in [5.74, 6) is 0. The quantitative estimate of drug-likeness (QED) is 0.567. The van der Waals surface area contributed by atoms with Gasteiger partial charge in [0.15, 0.2) is 0 Å². The van der Waals surface area contributed by atoms with Crippen LogP contribution in [0.5, 0.6) is 0 Å². The molecule has 2 nitrogen and oxygen atoms in total. The van der Waals surface area contributed by atoms with Gasteiger partial charge in [-0.25, -0.2) is 0 Å². The van der Waals surface area contributed by atoms with E-state index in [2.05, 4.69) is 12.2 Å². The summed E-state index contributed by atoms with van der Waals surface area (Å²) in [6.07, 6.45) is 1.24. The molecule has 1 rings (SSSR count). The van der Waals surface area contributed by atoms with Crippen LogP contribution in [-0.4, -0.2) is 19.6 Å². The number of halogens is 1. The molecule has 3 heteroatoms. The number of hydrogen-bond acceptors (Lipinski definition) is 2. The smallest absolute Gasteiger partial charge is 0.00177 e. The van der Waals surface area contributed by atoms with E-state index in [1.807, 2.05) is 0 Å². The third-order valence-electron chi connectivity index (χ3n) is 1.95. The topological polar surface area (TPSA) is 38.0 Å². The van der Waals surface area contributed by atoms with E-state index in [4.69, 9.17) is 5.73 Å². The Morgan fingerprint density at radius 2 is 2.33 bits per heavy atom. The molecule has 0 aromatic heterocycles. The average Bonchev–Trinajstić information content (AvgIpc) is 2.17. The van der Waals surface area contributed by atoms with Crippen molar-refractivity contribution in [3.05, 3.63) is 0 Å². The Morgan fingerprint density at radius 3 is 2.56 bits per heavy atom. The molecule has 3 N–H and O–H groups in total. The van der Waals surface area contributed by atoms with Crippen molar-refractivity contribution >= 4 is 12.4 Å². The minimum atomic E-state index is 0. The highest BCUT2D eigenvalue weighted by Gasteiger charge is 2.25. The number of nitrogens with two attached hydrogens (primary N) is 1. The van der Waals surface area contributed by atoms with Crippen LogP contribution in [0.2, 0.25) is 0 Å². The molecule has 1 aliphatic rings. The molecule has 9 heavy (non-hydrogen) atoms. The summed E-state index contributed by atoms with van der Waals surface area (Å²) >= 11 is 0. The molecule has 0 radical (unpaired) electrons. The van der Waals surface area contributed by atoms with Crippen molar-refractivity contribution in [2.75, 3.05) is 19.6 Å². The standard InChI is InChI=1S/C6H14N2.ClH/c1-6(4-7)2-3-8-5-6;/h8H,2-5,7H2,1H3;1H. The molecule has 0 amide bonds. The van der Waals surface area contributed by atoms with Crippen LogP contribution < -0.4 is 11.1 Å². The monoisotopic (exact) mass is 150 g/mol. The lowest BCUT2D eigenvalue weighted by atomic mass is 9.90. The van der Waals surface area contributed by atoms with Gasteiger partial charge in [0.2, 0.25) is 0 Å². The maximum Gasteiger partial charge on any atom is 0.00177 e. The molecule has 0 saturated carbocycles. The lowest BCUT2D eigenvalue weighted by Gasteiger charge is -2.18. The molecule has 0 spiro atoms. The van der Waals surface area contributed by atoms with E-state index in [0.717, 1.165) is 19.6 Å². The van der Waals surface area contributed by atoms with Gasteiger partial charge in [0, 0.05) is 6.54 Å². The van der Waals surface area contributed by atoms with E-state index in [1.54, 1.807) is 0 Å². The Balaban J connectivity index is 0.000000640. The van der Waals surface area contributed by atoms with Crippen molar-refractivity contribution in [3.63, 3.8) is 0 Å². The number of rotatable bonds is 1.